The highest BCUT2D eigenvalue weighted by molar-refractivity contribution is 4.77. The van der Waals surface area contributed by atoms with E-state index in [2.05, 4.69) is 30.7 Å². The van der Waals surface area contributed by atoms with Gasteiger partial charge in [-0.3, -0.25) is 0 Å². The molecule has 0 radical (unpaired) electrons. The summed E-state index contributed by atoms with van der Waals surface area (Å²) in [5.41, 5.74) is 0. The minimum absolute atomic E-state index is 0.468. The number of nitrogens with one attached hydrogen (secondary N) is 2. The molecule has 0 amide bonds. The van der Waals surface area contributed by atoms with Crippen LogP contribution in [0, 0.1) is 0 Å². The molecule has 0 aromatic heterocycles. The molecule has 2 N–H and O–H groups in total. The Morgan fingerprint density at radius 2 is 2.10 bits per heavy atom. The van der Waals surface area contributed by atoms with Gasteiger partial charge in [-0.15, -0.1) is 0 Å². The zero-order chi connectivity index (χ0) is 7.82. The van der Waals surface area contributed by atoms with Crippen LogP contribution in [0.3, 0.4) is 0 Å². The maximum atomic E-state index is 3.59. The van der Waals surface area contributed by atoms with E-state index in [4.69, 9.17) is 0 Å². The van der Waals surface area contributed by atoms with E-state index in [1.54, 1.807) is 12.4 Å². The third kappa shape index (κ3) is 4.01. The molecule has 10 heavy (non-hydrogen) atoms. The SMILES string of the molecule is C=CNCC(CC)NC=C. The van der Waals surface area contributed by atoms with E-state index in [-0.39, 0.29) is 0 Å². The fraction of sp³-hybridized carbons (Fsp3) is 0.500. The van der Waals surface area contributed by atoms with Crippen molar-refractivity contribution in [3.63, 3.8) is 0 Å². The highest BCUT2D eigenvalue weighted by Gasteiger charge is 1.98. The number of hydrogen-bond acceptors (Lipinski definition) is 2. The van der Waals surface area contributed by atoms with Gasteiger partial charge in [-0.1, -0.05) is 20.1 Å². The van der Waals surface area contributed by atoms with Crippen LogP contribution in [0.5, 0.6) is 0 Å². The van der Waals surface area contributed by atoms with E-state index in [0.717, 1.165) is 13.0 Å². The maximum absolute atomic E-state index is 3.59. The predicted octanol–water partition coefficient (Wildman–Crippen LogP) is 1.23. The second kappa shape index (κ2) is 6.20. The van der Waals surface area contributed by atoms with Crippen molar-refractivity contribution in [2.75, 3.05) is 6.54 Å². The Kier molecular flexibility index (Phi) is 5.63. The topological polar surface area (TPSA) is 24.1 Å². The Bertz CT molecular complexity index is 99.4. The molecule has 0 aliphatic heterocycles. The molecule has 1 unspecified atom stereocenters. The molecule has 0 aromatic rings. The van der Waals surface area contributed by atoms with E-state index in [1.165, 1.54) is 0 Å². The summed E-state index contributed by atoms with van der Waals surface area (Å²) in [4.78, 5) is 0. The van der Waals surface area contributed by atoms with Crippen LogP contribution in [-0.2, 0) is 0 Å². The summed E-state index contributed by atoms with van der Waals surface area (Å²) < 4.78 is 0. The third-order valence-electron chi connectivity index (χ3n) is 1.35. The lowest BCUT2D eigenvalue weighted by Gasteiger charge is -2.14. The summed E-state index contributed by atoms with van der Waals surface area (Å²) in [5, 5.41) is 6.16. The Balaban J connectivity index is 3.38. The van der Waals surface area contributed by atoms with E-state index in [9.17, 15) is 0 Å². The molecule has 0 rings (SSSR count). The van der Waals surface area contributed by atoms with Gasteiger partial charge in [-0.05, 0) is 18.8 Å². The number of hydrogen-bond donors (Lipinski definition) is 2. The normalized spacial score (nSPS) is 11.7. The Morgan fingerprint density at radius 3 is 2.50 bits per heavy atom. The van der Waals surface area contributed by atoms with Crippen LogP contribution < -0.4 is 10.6 Å². The van der Waals surface area contributed by atoms with Crippen LogP contribution in [0.25, 0.3) is 0 Å². The zero-order valence-corrected chi connectivity index (χ0v) is 6.56. The van der Waals surface area contributed by atoms with Gasteiger partial charge >= 0.3 is 0 Å². The highest BCUT2D eigenvalue weighted by atomic mass is 15.0. The second-order valence-corrected chi connectivity index (χ2v) is 2.09. The summed E-state index contributed by atoms with van der Waals surface area (Å²) in [5.74, 6) is 0. The Labute approximate surface area is 63.0 Å². The molecular weight excluding hydrogens is 124 g/mol. The Hall–Kier alpha value is -0.920. The molecule has 0 fully saturated rings. The fourth-order valence-corrected chi connectivity index (χ4v) is 0.713. The average Bonchev–Trinajstić information content (AvgIpc) is 1.98. The van der Waals surface area contributed by atoms with Crippen molar-refractivity contribution in [1.82, 2.24) is 10.6 Å². The van der Waals surface area contributed by atoms with Crippen LogP contribution in [0.2, 0.25) is 0 Å². The summed E-state index contributed by atoms with van der Waals surface area (Å²) >= 11 is 0. The maximum Gasteiger partial charge on any atom is 0.0425 e. The van der Waals surface area contributed by atoms with E-state index >= 15 is 0 Å². The first kappa shape index (κ1) is 9.08. The minimum atomic E-state index is 0.468. The van der Waals surface area contributed by atoms with Gasteiger partial charge in [0.1, 0.15) is 0 Å². The fourth-order valence-electron chi connectivity index (χ4n) is 0.713. The molecule has 0 spiro atoms. The van der Waals surface area contributed by atoms with E-state index in [0.29, 0.717) is 6.04 Å². The lowest BCUT2D eigenvalue weighted by molar-refractivity contribution is 0.547. The van der Waals surface area contributed by atoms with Gasteiger partial charge in [0.2, 0.25) is 0 Å². The van der Waals surface area contributed by atoms with Crippen LogP contribution in [-0.4, -0.2) is 12.6 Å². The van der Waals surface area contributed by atoms with Crippen molar-refractivity contribution >= 4 is 0 Å². The lowest BCUT2D eigenvalue weighted by atomic mass is 10.2. The first-order valence-electron chi connectivity index (χ1n) is 3.56. The summed E-state index contributed by atoms with van der Waals surface area (Å²) in [6, 6.07) is 0.468. The molecule has 0 aliphatic carbocycles. The van der Waals surface area contributed by atoms with Crippen molar-refractivity contribution in [2.24, 2.45) is 0 Å². The molecule has 58 valence electrons. The van der Waals surface area contributed by atoms with Crippen LogP contribution in [0.4, 0.5) is 0 Å². The molecular formula is C8H16N2. The van der Waals surface area contributed by atoms with E-state index in [1.807, 2.05) is 0 Å². The molecule has 0 saturated heterocycles. The molecule has 0 aliphatic rings. The van der Waals surface area contributed by atoms with Crippen molar-refractivity contribution in [1.29, 1.82) is 0 Å². The van der Waals surface area contributed by atoms with Gasteiger partial charge in [0, 0.05) is 12.6 Å². The number of rotatable bonds is 6. The van der Waals surface area contributed by atoms with Crippen LogP contribution >= 0.6 is 0 Å². The van der Waals surface area contributed by atoms with Gasteiger partial charge in [-0.2, -0.15) is 0 Å². The summed E-state index contributed by atoms with van der Waals surface area (Å²) in [7, 11) is 0. The van der Waals surface area contributed by atoms with Gasteiger partial charge in [0.15, 0.2) is 0 Å². The molecule has 0 heterocycles. The third-order valence-corrected chi connectivity index (χ3v) is 1.35. The molecule has 2 heteroatoms. The van der Waals surface area contributed by atoms with Gasteiger partial charge in [-0.25, -0.2) is 0 Å². The first-order chi connectivity index (χ1) is 4.85. The predicted molar refractivity (Wildman–Crippen MR) is 45.6 cm³/mol. The molecule has 0 aromatic carbocycles. The summed E-state index contributed by atoms with van der Waals surface area (Å²) in [6.07, 6.45) is 4.51. The van der Waals surface area contributed by atoms with Gasteiger partial charge in [0.05, 0.1) is 0 Å². The van der Waals surface area contributed by atoms with Gasteiger partial charge in [0.25, 0.3) is 0 Å². The largest absolute Gasteiger partial charge is 0.389 e. The molecule has 0 saturated carbocycles. The lowest BCUT2D eigenvalue weighted by Crippen LogP contribution is -2.32. The van der Waals surface area contributed by atoms with Crippen molar-refractivity contribution in [2.45, 2.75) is 19.4 Å². The van der Waals surface area contributed by atoms with Crippen molar-refractivity contribution in [3.8, 4) is 0 Å². The smallest absolute Gasteiger partial charge is 0.0425 e. The minimum Gasteiger partial charge on any atom is -0.389 e. The van der Waals surface area contributed by atoms with Crippen molar-refractivity contribution < 1.29 is 0 Å². The molecule has 1 atom stereocenters. The zero-order valence-electron chi connectivity index (χ0n) is 6.56. The quantitative estimate of drug-likeness (QED) is 0.580. The second-order valence-electron chi connectivity index (χ2n) is 2.09. The molecule has 0 bridgehead atoms. The first-order valence-corrected chi connectivity index (χ1v) is 3.56. The standard InChI is InChI=1S/C8H16N2/c1-4-8(10-6-3)7-9-5-2/h5-6,8-10H,2-4,7H2,1H3. The van der Waals surface area contributed by atoms with Crippen LogP contribution in [0.1, 0.15) is 13.3 Å². The Morgan fingerprint density at radius 1 is 1.40 bits per heavy atom. The monoisotopic (exact) mass is 140 g/mol. The van der Waals surface area contributed by atoms with Crippen molar-refractivity contribution in [3.05, 3.63) is 25.6 Å². The van der Waals surface area contributed by atoms with Gasteiger partial charge < -0.3 is 10.6 Å². The van der Waals surface area contributed by atoms with E-state index < -0.39 is 0 Å². The average molecular weight is 140 g/mol. The summed E-state index contributed by atoms with van der Waals surface area (Å²) in [6.45, 7) is 10.2. The highest BCUT2D eigenvalue weighted by Crippen LogP contribution is 1.87. The van der Waals surface area contributed by atoms with Crippen LogP contribution in [0.15, 0.2) is 25.6 Å². The molecule has 2 nitrogen and oxygen atoms in total.